The van der Waals surface area contributed by atoms with Crippen molar-refractivity contribution in [3.05, 3.63) is 27.9 Å². The van der Waals surface area contributed by atoms with Gasteiger partial charge in [-0.15, -0.1) is 22.9 Å². The molecule has 2 nitrogen and oxygen atoms in total. The van der Waals surface area contributed by atoms with E-state index in [-0.39, 0.29) is 0 Å². The molecule has 2 rings (SSSR count). The van der Waals surface area contributed by atoms with Gasteiger partial charge in [-0.05, 0) is 22.0 Å². The molecule has 0 aromatic carbocycles. The second-order valence-electron chi connectivity index (χ2n) is 2.38. The van der Waals surface area contributed by atoms with Crippen LogP contribution in [0.4, 0.5) is 0 Å². The first kappa shape index (κ1) is 9.24. The lowest BCUT2D eigenvalue weighted by Crippen LogP contribution is -1.77. The maximum atomic E-state index is 5.64. The molecule has 13 heavy (non-hydrogen) atoms. The highest BCUT2D eigenvalue weighted by atomic mass is 79.9. The summed E-state index contributed by atoms with van der Waals surface area (Å²) in [5, 5.41) is 2.78. The van der Waals surface area contributed by atoms with E-state index in [2.05, 4.69) is 20.9 Å². The second kappa shape index (κ2) is 3.82. The topological polar surface area (TPSA) is 26.0 Å². The molecule has 0 aliphatic carbocycles. The van der Waals surface area contributed by atoms with Crippen LogP contribution in [0.2, 0.25) is 0 Å². The van der Waals surface area contributed by atoms with E-state index in [0.717, 1.165) is 20.9 Å². The normalized spacial score (nSPS) is 10.6. The lowest BCUT2D eigenvalue weighted by molar-refractivity contribution is 0.580. The van der Waals surface area contributed by atoms with Crippen LogP contribution in [0.25, 0.3) is 10.8 Å². The molecule has 0 saturated heterocycles. The molecule has 68 valence electrons. The van der Waals surface area contributed by atoms with E-state index in [1.807, 2.05) is 11.4 Å². The lowest BCUT2D eigenvalue weighted by Gasteiger charge is -1.89. The van der Waals surface area contributed by atoms with Crippen molar-refractivity contribution in [2.75, 3.05) is 0 Å². The molecule has 0 bridgehead atoms. The molecular formula is C8H5BrClNOS. The molecule has 0 radical (unpaired) electrons. The first-order chi connectivity index (χ1) is 6.31. The lowest BCUT2D eigenvalue weighted by atomic mass is 10.4. The van der Waals surface area contributed by atoms with E-state index in [1.165, 1.54) is 11.3 Å². The number of aromatic nitrogens is 1. The van der Waals surface area contributed by atoms with Gasteiger partial charge in [-0.2, -0.15) is 0 Å². The Morgan fingerprint density at radius 3 is 3.00 bits per heavy atom. The zero-order valence-electron chi connectivity index (χ0n) is 6.46. The molecule has 2 aromatic rings. The molecule has 0 aliphatic heterocycles. The zero-order valence-corrected chi connectivity index (χ0v) is 9.62. The van der Waals surface area contributed by atoms with E-state index >= 15 is 0 Å². The van der Waals surface area contributed by atoms with Crippen molar-refractivity contribution < 1.29 is 4.42 Å². The first-order valence-electron chi connectivity index (χ1n) is 3.55. The number of rotatable bonds is 2. The van der Waals surface area contributed by atoms with Crippen molar-refractivity contribution in [3.8, 4) is 10.8 Å². The summed E-state index contributed by atoms with van der Waals surface area (Å²) in [5.41, 5.74) is 0.880. The molecule has 0 atom stereocenters. The highest BCUT2D eigenvalue weighted by Crippen LogP contribution is 2.31. The van der Waals surface area contributed by atoms with Crippen LogP contribution >= 0.6 is 38.9 Å². The van der Waals surface area contributed by atoms with Gasteiger partial charge in [-0.3, -0.25) is 0 Å². The van der Waals surface area contributed by atoms with Gasteiger partial charge >= 0.3 is 0 Å². The predicted molar refractivity (Wildman–Crippen MR) is 57.1 cm³/mol. The van der Waals surface area contributed by atoms with Crippen molar-refractivity contribution in [1.29, 1.82) is 0 Å². The third-order valence-electron chi connectivity index (χ3n) is 1.50. The summed E-state index contributed by atoms with van der Waals surface area (Å²) < 4.78 is 6.19. The Kier molecular flexibility index (Phi) is 2.71. The summed E-state index contributed by atoms with van der Waals surface area (Å²) in [6.07, 6.45) is 1.63. The van der Waals surface area contributed by atoms with E-state index in [0.29, 0.717) is 5.88 Å². The van der Waals surface area contributed by atoms with Crippen LogP contribution in [0.15, 0.2) is 26.6 Å². The van der Waals surface area contributed by atoms with Gasteiger partial charge < -0.3 is 4.42 Å². The molecule has 0 unspecified atom stereocenters. The fourth-order valence-electron chi connectivity index (χ4n) is 0.919. The van der Waals surface area contributed by atoms with Gasteiger partial charge in [-0.25, -0.2) is 4.98 Å². The molecule has 2 heterocycles. The van der Waals surface area contributed by atoms with Gasteiger partial charge in [0.15, 0.2) is 10.8 Å². The zero-order chi connectivity index (χ0) is 9.26. The minimum Gasteiger partial charge on any atom is -0.461 e. The average molecular weight is 279 g/mol. The monoisotopic (exact) mass is 277 g/mol. The highest BCUT2D eigenvalue weighted by molar-refractivity contribution is 9.10. The SMILES string of the molecule is ClCc1csc(-c2occc2Br)n1. The van der Waals surface area contributed by atoms with E-state index in [9.17, 15) is 0 Å². The number of thiazole rings is 1. The molecule has 0 N–H and O–H groups in total. The summed E-state index contributed by atoms with van der Waals surface area (Å²) in [6, 6.07) is 1.84. The van der Waals surface area contributed by atoms with Crippen molar-refractivity contribution in [2.24, 2.45) is 0 Å². The molecule has 0 saturated carbocycles. The Morgan fingerprint density at radius 2 is 2.46 bits per heavy atom. The number of alkyl halides is 1. The van der Waals surface area contributed by atoms with Gasteiger partial charge in [0.05, 0.1) is 22.3 Å². The Balaban J connectivity index is 2.41. The minimum atomic E-state index is 0.439. The van der Waals surface area contributed by atoms with Gasteiger partial charge in [0, 0.05) is 5.38 Å². The van der Waals surface area contributed by atoms with Crippen LogP contribution in [0, 0.1) is 0 Å². The summed E-state index contributed by atoms with van der Waals surface area (Å²) in [7, 11) is 0. The van der Waals surface area contributed by atoms with E-state index in [1.54, 1.807) is 6.26 Å². The van der Waals surface area contributed by atoms with Crippen LogP contribution in [0.5, 0.6) is 0 Å². The number of halogens is 2. The molecule has 0 fully saturated rings. The van der Waals surface area contributed by atoms with Crippen molar-refractivity contribution in [2.45, 2.75) is 5.88 Å². The van der Waals surface area contributed by atoms with Crippen LogP contribution in [-0.4, -0.2) is 4.98 Å². The Morgan fingerprint density at radius 1 is 1.62 bits per heavy atom. The van der Waals surface area contributed by atoms with E-state index in [4.69, 9.17) is 16.0 Å². The van der Waals surface area contributed by atoms with Crippen LogP contribution in [-0.2, 0) is 5.88 Å². The van der Waals surface area contributed by atoms with Crippen molar-refractivity contribution in [3.63, 3.8) is 0 Å². The minimum absolute atomic E-state index is 0.439. The van der Waals surface area contributed by atoms with Gasteiger partial charge in [0.1, 0.15) is 0 Å². The maximum Gasteiger partial charge on any atom is 0.176 e. The summed E-state index contributed by atoms with van der Waals surface area (Å²) in [4.78, 5) is 4.29. The van der Waals surface area contributed by atoms with Gasteiger partial charge in [0.25, 0.3) is 0 Å². The summed E-state index contributed by atoms with van der Waals surface area (Å²) >= 11 is 10.5. The maximum absolute atomic E-state index is 5.64. The molecule has 0 aliphatic rings. The summed E-state index contributed by atoms with van der Waals surface area (Å²) in [6.45, 7) is 0. The highest BCUT2D eigenvalue weighted by Gasteiger charge is 2.10. The molecule has 5 heteroatoms. The smallest absolute Gasteiger partial charge is 0.176 e. The quantitative estimate of drug-likeness (QED) is 0.779. The van der Waals surface area contributed by atoms with Crippen LogP contribution < -0.4 is 0 Å². The summed E-state index contributed by atoms with van der Waals surface area (Å²) in [5.74, 6) is 1.20. The molecule has 2 aromatic heterocycles. The Bertz CT molecular complexity index is 412. The molecule has 0 spiro atoms. The Hall–Kier alpha value is -0.320. The van der Waals surface area contributed by atoms with Crippen molar-refractivity contribution in [1.82, 2.24) is 4.98 Å². The molecular weight excluding hydrogens is 274 g/mol. The number of hydrogen-bond acceptors (Lipinski definition) is 3. The fraction of sp³-hybridized carbons (Fsp3) is 0.125. The van der Waals surface area contributed by atoms with Crippen LogP contribution in [0.3, 0.4) is 0 Å². The Labute approximate surface area is 92.7 Å². The fourth-order valence-corrected chi connectivity index (χ4v) is 2.49. The van der Waals surface area contributed by atoms with Crippen LogP contribution in [0.1, 0.15) is 5.69 Å². The largest absolute Gasteiger partial charge is 0.461 e. The third kappa shape index (κ3) is 1.80. The first-order valence-corrected chi connectivity index (χ1v) is 5.75. The third-order valence-corrected chi connectivity index (χ3v) is 3.29. The van der Waals surface area contributed by atoms with Gasteiger partial charge in [-0.1, -0.05) is 0 Å². The number of furan rings is 1. The standard InChI is InChI=1S/C8H5BrClNOS/c9-6-1-2-12-7(6)8-11-5(3-10)4-13-8/h1-2,4H,3H2. The van der Waals surface area contributed by atoms with Gasteiger partial charge in [0.2, 0.25) is 0 Å². The number of nitrogens with zero attached hydrogens (tertiary/aromatic N) is 1. The van der Waals surface area contributed by atoms with Crippen molar-refractivity contribution >= 4 is 38.9 Å². The number of hydrogen-bond donors (Lipinski definition) is 0. The van der Waals surface area contributed by atoms with E-state index < -0.39 is 0 Å². The molecule has 0 amide bonds. The second-order valence-corrected chi connectivity index (χ2v) is 4.35. The predicted octanol–water partition coefficient (Wildman–Crippen LogP) is 3.90. The average Bonchev–Trinajstić information content (AvgIpc) is 2.71.